The smallest absolute Gasteiger partial charge is 0 e. The van der Waals surface area contributed by atoms with Gasteiger partial charge in [-0.3, -0.25) is 0 Å². The first kappa shape index (κ1) is 64.0. The standard InChI is InChI=1S/C4H10.3C3H8.6C2H6.H2/c1-3-4-2;3*1-3-2;6*1-2;/h3-4H2,1-2H3;3*3H2,1-2H3;6*1-2H3;1H. The van der Waals surface area contributed by atoms with Gasteiger partial charge in [-0.05, 0) is 0 Å². The van der Waals surface area contributed by atoms with Gasteiger partial charge in [0.1, 0.15) is 0 Å². The summed E-state index contributed by atoms with van der Waals surface area (Å²) < 4.78 is 0. The van der Waals surface area contributed by atoms with E-state index < -0.39 is 0 Å². The van der Waals surface area contributed by atoms with Crippen LogP contribution in [0.4, 0.5) is 0 Å². The average molecular weight is 373 g/mol. The van der Waals surface area contributed by atoms with Gasteiger partial charge in [-0.25, -0.2) is 0 Å². The molecule has 0 bridgehead atoms. The van der Waals surface area contributed by atoms with Crippen molar-refractivity contribution < 1.29 is 1.43 Å². The Hall–Kier alpha value is 0. The van der Waals surface area contributed by atoms with Crippen molar-refractivity contribution in [2.75, 3.05) is 0 Å². The van der Waals surface area contributed by atoms with Crippen LogP contribution in [-0.4, -0.2) is 0 Å². The summed E-state index contributed by atoms with van der Waals surface area (Å²) in [5.41, 5.74) is 0. The monoisotopic (exact) mass is 373 g/mol. The molecule has 0 aliphatic carbocycles. The highest BCUT2D eigenvalue weighted by Gasteiger charge is 1.56. The molecule has 0 saturated carbocycles. The van der Waals surface area contributed by atoms with E-state index >= 15 is 0 Å². The lowest BCUT2D eigenvalue weighted by atomic mass is 10.4. The molecule has 0 heterocycles. The van der Waals surface area contributed by atoms with E-state index in [1.54, 1.807) is 0 Å². The van der Waals surface area contributed by atoms with E-state index in [-0.39, 0.29) is 1.43 Å². The first-order chi connectivity index (χ1) is 12.2. The van der Waals surface area contributed by atoms with E-state index in [1.807, 2.05) is 83.1 Å². The average Bonchev–Trinajstić information content (AvgIpc) is 2.73. The molecular weight excluding hydrogens is 300 g/mol. The van der Waals surface area contributed by atoms with Crippen molar-refractivity contribution in [3.05, 3.63) is 0 Å². The summed E-state index contributed by atoms with van der Waals surface area (Å²) >= 11 is 0. The summed E-state index contributed by atoms with van der Waals surface area (Å²) in [7, 11) is 0. The second-order valence-corrected chi connectivity index (χ2v) is 3.12. The summed E-state index contributed by atoms with van der Waals surface area (Å²) in [6, 6.07) is 0. The third kappa shape index (κ3) is 11600. The molecule has 0 spiro atoms. The molecule has 0 aromatic rings. The fraction of sp³-hybridized carbons (Fsp3) is 1.00. The lowest BCUT2D eigenvalue weighted by molar-refractivity contribution is 0.886. The molecular formula is C25H72. The normalized spacial score (nSPS) is 4.80. The predicted molar refractivity (Wildman–Crippen MR) is 139 cm³/mol. The highest BCUT2D eigenvalue weighted by atomic mass is 13.6. The first-order valence-electron chi connectivity index (χ1n) is 12.2. The zero-order chi connectivity index (χ0) is 23.5. The van der Waals surface area contributed by atoms with Gasteiger partial charge in [0.2, 0.25) is 0 Å². The lowest BCUT2D eigenvalue weighted by Crippen LogP contribution is -1.47. The molecule has 0 aliphatic rings. The Labute approximate surface area is 172 Å². The number of hydrogen-bond acceptors (Lipinski definition) is 0. The Morgan fingerprint density at radius 1 is 0.280 bits per heavy atom. The molecule has 0 rings (SSSR count). The molecule has 0 radical (unpaired) electrons. The Balaban J connectivity index is -0.0000000108. The zero-order valence-electron chi connectivity index (χ0n) is 23.5. The molecule has 0 aliphatic heterocycles. The van der Waals surface area contributed by atoms with E-state index in [9.17, 15) is 0 Å². The third-order valence-corrected chi connectivity index (χ3v) is 0.500. The zero-order valence-corrected chi connectivity index (χ0v) is 23.5. The molecule has 0 amide bonds. The van der Waals surface area contributed by atoms with Crippen LogP contribution in [0.1, 0.15) is 172 Å². The molecule has 172 valence electrons. The number of hydrogen-bond donors (Lipinski definition) is 0. The molecule has 0 fully saturated rings. The molecule has 0 N–H and O–H groups in total. The summed E-state index contributed by atoms with van der Waals surface area (Å²) in [6.07, 6.45) is 6.39. The fourth-order valence-corrected chi connectivity index (χ4v) is 0. The maximum atomic E-state index is 2.18. The van der Waals surface area contributed by atoms with Crippen molar-refractivity contribution in [3.8, 4) is 0 Å². The number of unbranched alkanes of at least 4 members (excludes halogenated alkanes) is 1. The maximum absolute atomic E-state index is 2.18. The second kappa shape index (κ2) is 508. The highest BCUT2D eigenvalue weighted by Crippen LogP contribution is 1.76. The Morgan fingerprint density at radius 3 is 0.320 bits per heavy atom. The Kier molecular flexibility index (Phi) is 1300. The van der Waals surface area contributed by atoms with Crippen molar-refractivity contribution in [2.45, 2.75) is 171 Å². The molecule has 0 aromatic heterocycles. The minimum absolute atomic E-state index is 0. The van der Waals surface area contributed by atoms with Crippen molar-refractivity contribution >= 4 is 0 Å². The number of rotatable bonds is 1. The molecule has 0 saturated heterocycles. The van der Waals surface area contributed by atoms with Gasteiger partial charge in [0, 0.05) is 1.43 Å². The van der Waals surface area contributed by atoms with Gasteiger partial charge >= 0.3 is 0 Å². The van der Waals surface area contributed by atoms with Crippen molar-refractivity contribution in [3.63, 3.8) is 0 Å². The van der Waals surface area contributed by atoms with Gasteiger partial charge < -0.3 is 0 Å². The van der Waals surface area contributed by atoms with Crippen LogP contribution in [0.3, 0.4) is 0 Å². The van der Waals surface area contributed by atoms with Crippen molar-refractivity contribution in [1.29, 1.82) is 0 Å². The fourth-order valence-electron chi connectivity index (χ4n) is 0. The Bertz CT molecular complexity index is 22.6. The van der Waals surface area contributed by atoms with Gasteiger partial charge in [-0.15, -0.1) is 0 Å². The van der Waals surface area contributed by atoms with Gasteiger partial charge in [-0.1, -0.05) is 171 Å². The summed E-state index contributed by atoms with van der Waals surface area (Å²) in [5, 5.41) is 0. The molecule has 0 nitrogen and oxygen atoms in total. The molecule has 0 aromatic carbocycles. The SMILES string of the molecule is CC.CC.CC.CC.CC.CC.CCC.CCC.CCC.CCCC.[HH]. The lowest BCUT2D eigenvalue weighted by Gasteiger charge is -1.68. The van der Waals surface area contributed by atoms with E-state index in [2.05, 4.69) is 55.4 Å². The highest BCUT2D eigenvalue weighted by molar-refractivity contribution is 4.12. The first-order valence-corrected chi connectivity index (χ1v) is 12.2. The van der Waals surface area contributed by atoms with Crippen LogP contribution in [0.2, 0.25) is 0 Å². The van der Waals surface area contributed by atoms with Crippen LogP contribution in [0.5, 0.6) is 0 Å². The van der Waals surface area contributed by atoms with Crippen LogP contribution >= 0.6 is 0 Å². The largest absolute Gasteiger partial charge is 0.0683 e. The van der Waals surface area contributed by atoms with Gasteiger partial charge in [0.15, 0.2) is 0 Å². The van der Waals surface area contributed by atoms with Crippen LogP contribution in [-0.2, 0) is 0 Å². The van der Waals surface area contributed by atoms with Crippen LogP contribution in [0.15, 0.2) is 0 Å². The quantitative estimate of drug-likeness (QED) is 0.429. The van der Waals surface area contributed by atoms with Crippen molar-refractivity contribution in [1.82, 2.24) is 0 Å². The molecule has 25 heavy (non-hydrogen) atoms. The predicted octanol–water partition coefficient (Wildman–Crippen LogP) is 12.5. The van der Waals surface area contributed by atoms with E-state index in [1.165, 1.54) is 32.1 Å². The minimum atomic E-state index is 0. The van der Waals surface area contributed by atoms with Crippen molar-refractivity contribution in [2.24, 2.45) is 0 Å². The van der Waals surface area contributed by atoms with Crippen LogP contribution in [0, 0.1) is 0 Å². The van der Waals surface area contributed by atoms with E-state index in [0.717, 1.165) is 0 Å². The molecule has 0 heteroatoms. The van der Waals surface area contributed by atoms with Gasteiger partial charge in [-0.2, -0.15) is 0 Å². The summed E-state index contributed by atoms with van der Waals surface area (Å²) in [4.78, 5) is 0. The van der Waals surface area contributed by atoms with E-state index in [0.29, 0.717) is 0 Å². The second-order valence-electron chi connectivity index (χ2n) is 3.12. The van der Waals surface area contributed by atoms with E-state index in [4.69, 9.17) is 0 Å². The summed E-state index contributed by atoms with van der Waals surface area (Å²) in [5.74, 6) is 0. The minimum Gasteiger partial charge on any atom is -0.0683 e. The van der Waals surface area contributed by atoms with Gasteiger partial charge in [0.25, 0.3) is 0 Å². The summed E-state index contributed by atoms with van der Waals surface area (Å²) in [6.45, 7) is 41.1. The molecule has 0 atom stereocenters. The topological polar surface area (TPSA) is 0 Å². The maximum Gasteiger partial charge on any atom is 0 e. The van der Waals surface area contributed by atoms with Crippen LogP contribution in [0.25, 0.3) is 0 Å². The van der Waals surface area contributed by atoms with Gasteiger partial charge in [0.05, 0.1) is 0 Å². The molecule has 0 unspecified atom stereocenters. The Morgan fingerprint density at radius 2 is 0.320 bits per heavy atom. The third-order valence-electron chi connectivity index (χ3n) is 0.500. The van der Waals surface area contributed by atoms with Crippen LogP contribution < -0.4 is 0 Å².